The fourth-order valence-corrected chi connectivity index (χ4v) is 3.61. The number of amides is 5. The quantitative estimate of drug-likeness (QED) is 0.114. The average Bonchev–Trinajstić information content (AvgIpc) is 3.69. The maximum absolute atomic E-state index is 13.3. The fraction of sp³-hybridized carbons (Fsp3) is 0.556. The summed E-state index contributed by atoms with van der Waals surface area (Å²) >= 11 is 0. The number of aryl methyl sites for hydroxylation is 1. The van der Waals surface area contributed by atoms with Crippen molar-refractivity contribution < 1.29 is 48.1 Å². The second kappa shape index (κ2) is 15.6. The summed E-state index contributed by atoms with van der Waals surface area (Å²) in [5.41, 5.74) is -0.0490. The van der Waals surface area contributed by atoms with Gasteiger partial charge in [0.15, 0.2) is 6.10 Å². The number of benzene rings is 1. The Morgan fingerprint density at radius 1 is 0.952 bits per heavy atom. The van der Waals surface area contributed by atoms with Crippen LogP contribution in [0.25, 0.3) is 0 Å². The SMILES string of the molecule is COC(=O)C1OC1CNC(=O)CNC(=O)C(CNC(C)=O)NC(=O)C(CCc1ccc(O)cc1)NC(=O)OC(C)(C)C. The summed E-state index contributed by atoms with van der Waals surface area (Å²) in [5.74, 6) is -3.01. The summed E-state index contributed by atoms with van der Waals surface area (Å²) in [4.78, 5) is 73.7. The van der Waals surface area contributed by atoms with Gasteiger partial charge in [0.05, 0.1) is 13.7 Å². The Morgan fingerprint density at radius 2 is 1.62 bits per heavy atom. The lowest BCUT2D eigenvalue weighted by Crippen LogP contribution is -2.58. The number of hydrogen-bond donors (Lipinski definition) is 6. The molecule has 0 saturated carbocycles. The Kier molecular flexibility index (Phi) is 12.5. The van der Waals surface area contributed by atoms with E-state index in [4.69, 9.17) is 9.47 Å². The van der Waals surface area contributed by atoms with Crippen LogP contribution < -0.4 is 26.6 Å². The highest BCUT2D eigenvalue weighted by atomic mass is 16.6. The highest BCUT2D eigenvalue weighted by molar-refractivity contribution is 5.93. The van der Waals surface area contributed by atoms with Crippen LogP contribution in [0.2, 0.25) is 0 Å². The molecule has 6 N–H and O–H groups in total. The summed E-state index contributed by atoms with van der Waals surface area (Å²) in [6.07, 6.45) is -1.68. The molecular formula is C27H39N5O10. The predicted octanol–water partition coefficient (Wildman–Crippen LogP) is -0.988. The van der Waals surface area contributed by atoms with Crippen LogP contribution in [0.4, 0.5) is 4.79 Å². The van der Waals surface area contributed by atoms with Crippen LogP contribution >= 0.6 is 0 Å². The summed E-state index contributed by atoms with van der Waals surface area (Å²) in [5, 5.41) is 21.9. The molecule has 0 aliphatic carbocycles. The Balaban J connectivity index is 2.02. The molecule has 0 bridgehead atoms. The first-order valence-corrected chi connectivity index (χ1v) is 13.3. The molecule has 4 unspecified atom stereocenters. The van der Waals surface area contributed by atoms with E-state index in [1.165, 1.54) is 26.2 Å². The molecule has 1 aliphatic rings. The number of nitrogens with one attached hydrogen (secondary N) is 5. The van der Waals surface area contributed by atoms with E-state index in [0.717, 1.165) is 5.56 Å². The summed E-state index contributed by atoms with van der Waals surface area (Å²) in [6, 6.07) is 3.89. The third-order valence-corrected chi connectivity index (χ3v) is 5.79. The van der Waals surface area contributed by atoms with Crippen LogP contribution in [0.3, 0.4) is 0 Å². The minimum atomic E-state index is -1.29. The van der Waals surface area contributed by atoms with Crippen molar-refractivity contribution in [1.82, 2.24) is 26.6 Å². The molecule has 15 nitrogen and oxygen atoms in total. The Morgan fingerprint density at radius 3 is 2.21 bits per heavy atom. The van der Waals surface area contributed by atoms with Crippen molar-refractivity contribution in [2.75, 3.05) is 26.7 Å². The van der Waals surface area contributed by atoms with Crippen molar-refractivity contribution >= 4 is 35.7 Å². The van der Waals surface area contributed by atoms with Gasteiger partial charge in [0, 0.05) is 20.0 Å². The van der Waals surface area contributed by atoms with Crippen LogP contribution in [0, 0.1) is 0 Å². The van der Waals surface area contributed by atoms with Crippen LogP contribution in [0.1, 0.15) is 39.7 Å². The van der Waals surface area contributed by atoms with E-state index in [1.54, 1.807) is 32.9 Å². The van der Waals surface area contributed by atoms with Gasteiger partial charge in [-0.3, -0.25) is 19.2 Å². The summed E-state index contributed by atoms with van der Waals surface area (Å²) < 4.78 is 14.9. The van der Waals surface area contributed by atoms with Crippen molar-refractivity contribution in [3.63, 3.8) is 0 Å². The number of phenols is 1. The molecule has 1 aliphatic heterocycles. The molecule has 1 fully saturated rings. The molecule has 1 heterocycles. The van der Waals surface area contributed by atoms with E-state index in [1.807, 2.05) is 0 Å². The van der Waals surface area contributed by atoms with Gasteiger partial charge in [0.25, 0.3) is 0 Å². The fourth-order valence-electron chi connectivity index (χ4n) is 3.61. The molecule has 5 amide bonds. The second-order valence-electron chi connectivity index (χ2n) is 10.5. The third-order valence-electron chi connectivity index (χ3n) is 5.79. The topological polar surface area (TPSA) is 214 Å². The minimum absolute atomic E-state index is 0.0274. The number of phenolic OH excluding ortho intramolecular Hbond substituents is 1. The van der Waals surface area contributed by atoms with Gasteiger partial charge < -0.3 is 45.9 Å². The lowest BCUT2D eigenvalue weighted by Gasteiger charge is -2.25. The number of epoxide rings is 1. The first-order chi connectivity index (χ1) is 19.7. The van der Waals surface area contributed by atoms with E-state index < -0.39 is 72.1 Å². The van der Waals surface area contributed by atoms with Gasteiger partial charge in [-0.15, -0.1) is 0 Å². The number of methoxy groups -OCH3 is 1. The Labute approximate surface area is 243 Å². The zero-order valence-corrected chi connectivity index (χ0v) is 24.3. The largest absolute Gasteiger partial charge is 0.508 e. The standard InChI is InChI=1S/C27H39N5O10/c1-15(33)28-12-19(23(36)30-14-21(35)29-13-20-22(41-20)25(38)40-5)31-24(37)18(32-26(39)42-27(2,3)4)11-8-16-6-9-17(34)10-7-16/h6-7,9-10,18-20,22,34H,8,11-14H2,1-5H3,(H,28,33)(H,29,35)(H,30,36)(H,31,37)(H,32,39). The van der Waals surface area contributed by atoms with Crippen molar-refractivity contribution in [1.29, 1.82) is 0 Å². The van der Waals surface area contributed by atoms with E-state index in [0.29, 0.717) is 6.42 Å². The number of esters is 1. The summed E-state index contributed by atoms with van der Waals surface area (Å²) in [6.45, 7) is 5.51. The average molecular weight is 594 g/mol. The maximum atomic E-state index is 13.3. The molecule has 4 atom stereocenters. The Bertz CT molecular complexity index is 1140. The molecule has 1 saturated heterocycles. The lowest BCUT2D eigenvalue weighted by atomic mass is 10.0. The van der Waals surface area contributed by atoms with Gasteiger partial charge in [-0.1, -0.05) is 12.1 Å². The molecule has 1 aromatic rings. The minimum Gasteiger partial charge on any atom is -0.508 e. The maximum Gasteiger partial charge on any atom is 0.408 e. The van der Waals surface area contributed by atoms with Crippen LogP contribution in [0.5, 0.6) is 5.75 Å². The van der Waals surface area contributed by atoms with Gasteiger partial charge in [-0.2, -0.15) is 0 Å². The van der Waals surface area contributed by atoms with Crippen molar-refractivity contribution in [3.05, 3.63) is 29.8 Å². The van der Waals surface area contributed by atoms with Gasteiger partial charge in [0.2, 0.25) is 23.6 Å². The first kappa shape index (κ1) is 33.8. The third kappa shape index (κ3) is 12.4. The van der Waals surface area contributed by atoms with E-state index in [-0.39, 0.29) is 25.3 Å². The number of alkyl carbamates (subject to hydrolysis) is 1. The number of rotatable bonds is 14. The molecule has 0 radical (unpaired) electrons. The van der Waals surface area contributed by atoms with Crippen molar-refractivity contribution in [2.24, 2.45) is 0 Å². The van der Waals surface area contributed by atoms with Crippen LogP contribution in [-0.4, -0.2) is 97.4 Å². The second-order valence-corrected chi connectivity index (χ2v) is 10.5. The molecular weight excluding hydrogens is 554 g/mol. The normalized spacial score (nSPS) is 17.1. The van der Waals surface area contributed by atoms with Crippen LogP contribution in [-0.2, 0) is 44.6 Å². The molecule has 232 valence electrons. The van der Waals surface area contributed by atoms with Crippen molar-refractivity contribution in [2.45, 2.75) is 70.4 Å². The molecule has 42 heavy (non-hydrogen) atoms. The number of aromatic hydroxyl groups is 1. The monoisotopic (exact) mass is 593 g/mol. The lowest BCUT2D eigenvalue weighted by molar-refractivity contribution is -0.142. The number of carbonyl (C=O) groups is 6. The van der Waals surface area contributed by atoms with E-state index >= 15 is 0 Å². The number of ether oxygens (including phenoxy) is 3. The van der Waals surface area contributed by atoms with Crippen LogP contribution in [0.15, 0.2) is 24.3 Å². The van der Waals surface area contributed by atoms with Gasteiger partial charge >= 0.3 is 12.1 Å². The number of hydrogen-bond acceptors (Lipinski definition) is 10. The van der Waals surface area contributed by atoms with Crippen molar-refractivity contribution in [3.8, 4) is 5.75 Å². The molecule has 0 spiro atoms. The van der Waals surface area contributed by atoms with E-state index in [2.05, 4.69) is 31.3 Å². The van der Waals surface area contributed by atoms with Gasteiger partial charge in [-0.25, -0.2) is 9.59 Å². The highest BCUT2D eigenvalue weighted by Crippen LogP contribution is 2.22. The van der Waals surface area contributed by atoms with E-state index in [9.17, 15) is 33.9 Å². The summed E-state index contributed by atoms with van der Waals surface area (Å²) in [7, 11) is 1.22. The van der Waals surface area contributed by atoms with Gasteiger partial charge in [-0.05, 0) is 51.3 Å². The number of carbonyl (C=O) groups excluding carboxylic acids is 6. The molecule has 15 heteroatoms. The first-order valence-electron chi connectivity index (χ1n) is 13.3. The molecule has 1 aromatic carbocycles. The zero-order valence-electron chi connectivity index (χ0n) is 24.3. The smallest absolute Gasteiger partial charge is 0.408 e. The molecule has 2 rings (SSSR count). The predicted molar refractivity (Wildman–Crippen MR) is 147 cm³/mol. The molecule has 0 aromatic heterocycles. The highest BCUT2D eigenvalue weighted by Gasteiger charge is 2.46. The van der Waals surface area contributed by atoms with Gasteiger partial charge in [0.1, 0.15) is 29.5 Å². The Hall–Kier alpha value is -4.40. The zero-order chi connectivity index (χ0) is 31.4.